The molecule has 2 aliphatic rings. The minimum atomic E-state index is -1.03. The molecular formula is C29H34F2N4O5. The highest BCUT2D eigenvalue weighted by atomic mass is 19.2. The Morgan fingerprint density at radius 3 is 2.33 bits per heavy atom. The van der Waals surface area contributed by atoms with E-state index in [4.69, 9.17) is 9.47 Å². The third-order valence-corrected chi connectivity index (χ3v) is 8.28. The van der Waals surface area contributed by atoms with Crippen LogP contribution in [0.3, 0.4) is 0 Å². The number of amides is 1. The average Bonchev–Trinajstić information content (AvgIpc) is 3.31. The number of carboxylic acid groups (broad SMARTS) is 1. The molecule has 0 aliphatic heterocycles. The Morgan fingerprint density at radius 2 is 1.68 bits per heavy atom. The molecule has 1 atom stereocenters. The maximum absolute atomic E-state index is 14.6. The number of fused-ring (bicyclic) bond motifs is 1. The fourth-order valence-corrected chi connectivity index (χ4v) is 6.19. The Bertz CT molecular complexity index is 1400. The van der Waals surface area contributed by atoms with Crippen LogP contribution in [0.2, 0.25) is 0 Å². The Balaban J connectivity index is 1.62. The molecule has 1 aromatic carbocycles. The van der Waals surface area contributed by atoms with Gasteiger partial charge in [0.15, 0.2) is 11.6 Å². The molecule has 1 amide bonds. The van der Waals surface area contributed by atoms with E-state index in [1.54, 1.807) is 16.7 Å². The standard InChI is InChI=1S/C29H34F2N4O5/c1-39-24-13-12-19(28(34-24)40-2)26-33-22-14-20(30)21(31)15-23(22)35(26)25(16-6-4-3-5-7-16)27(36)32-18-10-8-17(9-11-18)29(37)38/h12-18,25H,3-11H2,1-2H3,(H,32,36)(H,37,38)/t17?,18?,25-/m0/s1. The molecule has 3 aromatic rings. The van der Waals surface area contributed by atoms with Crippen molar-refractivity contribution in [1.82, 2.24) is 19.9 Å². The zero-order valence-electron chi connectivity index (χ0n) is 22.7. The number of carbonyl (C=O) groups excluding carboxylic acids is 1. The van der Waals surface area contributed by atoms with E-state index in [9.17, 15) is 23.5 Å². The Hall–Kier alpha value is -3.76. The van der Waals surface area contributed by atoms with Gasteiger partial charge in [-0.1, -0.05) is 19.3 Å². The number of aromatic nitrogens is 3. The number of imidazole rings is 1. The fourth-order valence-electron chi connectivity index (χ4n) is 6.19. The van der Waals surface area contributed by atoms with Crippen molar-refractivity contribution in [2.45, 2.75) is 69.9 Å². The van der Waals surface area contributed by atoms with Crippen LogP contribution >= 0.6 is 0 Å². The Morgan fingerprint density at radius 1 is 0.975 bits per heavy atom. The molecule has 11 heteroatoms. The molecule has 0 spiro atoms. The highest BCUT2D eigenvalue weighted by Gasteiger charge is 2.37. The number of hydrogen-bond acceptors (Lipinski definition) is 6. The minimum Gasteiger partial charge on any atom is -0.481 e. The first-order valence-corrected chi connectivity index (χ1v) is 13.8. The van der Waals surface area contributed by atoms with Crippen LogP contribution in [0, 0.1) is 23.5 Å². The van der Waals surface area contributed by atoms with Gasteiger partial charge in [-0.05, 0) is 50.5 Å². The first-order valence-electron chi connectivity index (χ1n) is 13.8. The van der Waals surface area contributed by atoms with Gasteiger partial charge in [-0.3, -0.25) is 9.59 Å². The van der Waals surface area contributed by atoms with Crippen LogP contribution < -0.4 is 14.8 Å². The van der Waals surface area contributed by atoms with Gasteiger partial charge in [0.05, 0.1) is 36.7 Å². The molecule has 2 N–H and O–H groups in total. The number of carboxylic acids is 1. The van der Waals surface area contributed by atoms with Crippen molar-refractivity contribution in [3.05, 3.63) is 35.9 Å². The second kappa shape index (κ2) is 11.8. The van der Waals surface area contributed by atoms with E-state index in [1.807, 2.05) is 0 Å². The number of rotatable bonds is 8. The Labute approximate surface area is 230 Å². The van der Waals surface area contributed by atoms with Crippen LogP contribution in [0.5, 0.6) is 11.8 Å². The van der Waals surface area contributed by atoms with E-state index in [1.165, 1.54) is 14.2 Å². The number of methoxy groups -OCH3 is 2. The molecule has 2 fully saturated rings. The summed E-state index contributed by atoms with van der Waals surface area (Å²) in [5.41, 5.74) is 0.963. The molecule has 0 saturated heterocycles. The summed E-state index contributed by atoms with van der Waals surface area (Å²) in [5, 5.41) is 12.5. The molecule has 2 aliphatic carbocycles. The third-order valence-electron chi connectivity index (χ3n) is 8.28. The quantitative estimate of drug-likeness (QED) is 0.388. The van der Waals surface area contributed by atoms with Gasteiger partial charge < -0.3 is 24.5 Å². The molecule has 2 saturated carbocycles. The zero-order valence-corrected chi connectivity index (χ0v) is 22.7. The van der Waals surface area contributed by atoms with Crippen molar-refractivity contribution in [3.8, 4) is 23.1 Å². The number of aliphatic carboxylic acids is 1. The van der Waals surface area contributed by atoms with Crippen molar-refractivity contribution in [2.75, 3.05) is 14.2 Å². The number of hydrogen-bond donors (Lipinski definition) is 2. The maximum Gasteiger partial charge on any atom is 0.306 e. The molecule has 2 aromatic heterocycles. The largest absolute Gasteiger partial charge is 0.481 e. The van der Waals surface area contributed by atoms with Gasteiger partial charge in [0.2, 0.25) is 17.7 Å². The van der Waals surface area contributed by atoms with Gasteiger partial charge in [-0.25, -0.2) is 13.8 Å². The van der Waals surface area contributed by atoms with Crippen LogP contribution in [-0.2, 0) is 9.59 Å². The molecule has 2 heterocycles. The van der Waals surface area contributed by atoms with Crippen LogP contribution in [0.1, 0.15) is 63.8 Å². The van der Waals surface area contributed by atoms with Gasteiger partial charge in [-0.2, -0.15) is 4.98 Å². The SMILES string of the molecule is COc1ccc(-c2nc3cc(F)c(F)cc3n2[C@H](C(=O)NC2CCC(C(=O)O)CC2)C2CCCCC2)c(OC)n1. The van der Waals surface area contributed by atoms with Gasteiger partial charge >= 0.3 is 5.97 Å². The molecule has 0 unspecified atom stereocenters. The monoisotopic (exact) mass is 556 g/mol. The molecule has 9 nitrogen and oxygen atoms in total. The van der Waals surface area contributed by atoms with Gasteiger partial charge in [0, 0.05) is 24.2 Å². The number of ether oxygens (including phenoxy) is 2. The van der Waals surface area contributed by atoms with Gasteiger partial charge in [-0.15, -0.1) is 0 Å². The lowest BCUT2D eigenvalue weighted by molar-refractivity contribution is -0.142. The molecule has 0 bridgehead atoms. The number of carbonyl (C=O) groups is 2. The number of halogens is 2. The Kier molecular flexibility index (Phi) is 8.18. The number of benzene rings is 1. The summed E-state index contributed by atoms with van der Waals surface area (Å²) in [7, 11) is 2.94. The number of nitrogens with zero attached hydrogens (tertiary/aromatic N) is 3. The average molecular weight is 557 g/mol. The second-order valence-electron chi connectivity index (χ2n) is 10.7. The van der Waals surface area contributed by atoms with Crippen LogP contribution in [-0.4, -0.2) is 51.8 Å². The molecule has 40 heavy (non-hydrogen) atoms. The third kappa shape index (κ3) is 5.46. The van der Waals surface area contributed by atoms with Crippen molar-refractivity contribution >= 4 is 22.9 Å². The lowest BCUT2D eigenvalue weighted by atomic mass is 9.82. The molecular weight excluding hydrogens is 522 g/mol. The summed E-state index contributed by atoms with van der Waals surface area (Å²) in [6.07, 6.45) is 6.68. The first kappa shape index (κ1) is 27.8. The van der Waals surface area contributed by atoms with Crippen molar-refractivity contribution < 1.29 is 33.0 Å². The van der Waals surface area contributed by atoms with E-state index in [2.05, 4.69) is 15.3 Å². The van der Waals surface area contributed by atoms with E-state index >= 15 is 0 Å². The van der Waals surface area contributed by atoms with Crippen LogP contribution in [0.25, 0.3) is 22.4 Å². The lowest BCUT2D eigenvalue weighted by Crippen LogP contribution is -2.44. The fraction of sp³-hybridized carbons (Fsp3) is 0.517. The summed E-state index contributed by atoms with van der Waals surface area (Å²) in [5.74, 6) is -2.75. The van der Waals surface area contributed by atoms with E-state index < -0.39 is 29.6 Å². The highest BCUT2D eigenvalue weighted by molar-refractivity contribution is 5.88. The molecule has 5 rings (SSSR count). The summed E-state index contributed by atoms with van der Waals surface area (Å²) >= 11 is 0. The zero-order chi connectivity index (χ0) is 28.4. The van der Waals surface area contributed by atoms with Crippen molar-refractivity contribution in [2.24, 2.45) is 11.8 Å². The van der Waals surface area contributed by atoms with Crippen molar-refractivity contribution in [3.63, 3.8) is 0 Å². The summed E-state index contributed by atoms with van der Waals surface area (Å²) in [6, 6.07) is 4.55. The van der Waals surface area contributed by atoms with E-state index in [0.717, 1.165) is 44.2 Å². The highest BCUT2D eigenvalue weighted by Crippen LogP contribution is 2.41. The number of pyridine rings is 1. The number of nitrogens with one attached hydrogen (secondary N) is 1. The van der Waals surface area contributed by atoms with E-state index in [-0.39, 0.29) is 29.3 Å². The summed E-state index contributed by atoms with van der Waals surface area (Å²) in [4.78, 5) is 34.6. The smallest absolute Gasteiger partial charge is 0.306 e. The summed E-state index contributed by atoms with van der Waals surface area (Å²) < 4.78 is 41.5. The van der Waals surface area contributed by atoms with E-state index in [0.29, 0.717) is 48.5 Å². The van der Waals surface area contributed by atoms with Crippen molar-refractivity contribution in [1.29, 1.82) is 0 Å². The predicted molar refractivity (Wildman–Crippen MR) is 143 cm³/mol. The normalized spacial score (nSPS) is 20.7. The van der Waals surface area contributed by atoms with Crippen LogP contribution in [0.4, 0.5) is 8.78 Å². The lowest BCUT2D eigenvalue weighted by Gasteiger charge is -2.34. The maximum atomic E-state index is 14.6. The summed E-state index contributed by atoms with van der Waals surface area (Å²) in [6.45, 7) is 0. The van der Waals surface area contributed by atoms with Gasteiger partial charge in [0.25, 0.3) is 0 Å². The first-order chi connectivity index (χ1) is 19.3. The second-order valence-corrected chi connectivity index (χ2v) is 10.7. The predicted octanol–water partition coefficient (Wildman–Crippen LogP) is 5.27. The topological polar surface area (TPSA) is 116 Å². The van der Waals surface area contributed by atoms with Crippen LogP contribution in [0.15, 0.2) is 24.3 Å². The molecule has 214 valence electrons. The minimum absolute atomic E-state index is 0.0643. The van der Waals surface area contributed by atoms with Gasteiger partial charge in [0.1, 0.15) is 11.9 Å². The molecule has 0 radical (unpaired) electrons.